The van der Waals surface area contributed by atoms with E-state index in [1.165, 1.54) is 0 Å². The van der Waals surface area contributed by atoms with E-state index in [1.54, 1.807) is 11.3 Å². The van der Waals surface area contributed by atoms with Gasteiger partial charge in [-0.05, 0) is 13.5 Å². The molecule has 0 radical (unpaired) electrons. The lowest BCUT2D eigenvalue weighted by Crippen LogP contribution is -2.03. The molecule has 1 fully saturated rings. The average Bonchev–Trinajstić information content (AvgIpc) is 2.73. The van der Waals surface area contributed by atoms with Crippen molar-refractivity contribution in [1.29, 1.82) is 0 Å². The Morgan fingerprint density at radius 2 is 2.47 bits per heavy atom. The highest BCUT2D eigenvalue weighted by atomic mass is 32.2. The normalized spacial score (nSPS) is 24.5. The van der Waals surface area contributed by atoms with Crippen LogP contribution in [-0.2, 0) is 16.4 Å². The molecule has 1 unspecified atom stereocenters. The number of thiazole rings is 1. The van der Waals surface area contributed by atoms with Crippen LogP contribution in [0.25, 0.3) is 0 Å². The Balaban J connectivity index is 2.10. The lowest BCUT2D eigenvalue weighted by Gasteiger charge is -2.00. The first-order valence-electron chi connectivity index (χ1n) is 4.90. The van der Waals surface area contributed by atoms with Gasteiger partial charge in [-0.15, -0.1) is 11.3 Å². The minimum absolute atomic E-state index is 0.130. The Hall–Kier alpha value is -0.460. The minimum atomic E-state index is -2.80. The number of nitrogens with one attached hydrogen (secondary N) is 1. The quantitative estimate of drug-likeness (QED) is 0.855. The Bertz CT molecular complexity index is 439. The molecular weight excluding hydrogens is 232 g/mol. The van der Waals surface area contributed by atoms with Crippen LogP contribution in [0.3, 0.4) is 0 Å². The monoisotopic (exact) mass is 246 g/mol. The van der Waals surface area contributed by atoms with Crippen molar-refractivity contribution < 1.29 is 8.42 Å². The fourth-order valence-corrected chi connectivity index (χ4v) is 4.67. The molecule has 0 spiro atoms. The van der Waals surface area contributed by atoms with Gasteiger partial charge >= 0.3 is 0 Å². The van der Waals surface area contributed by atoms with Gasteiger partial charge in [0.1, 0.15) is 0 Å². The van der Waals surface area contributed by atoms with Crippen LogP contribution in [0.15, 0.2) is 6.20 Å². The predicted octanol–water partition coefficient (Wildman–Crippen LogP) is 0.765. The molecule has 0 amide bonds. The molecule has 1 aliphatic rings. The smallest absolute Gasteiger partial charge is 0.151 e. The zero-order valence-electron chi connectivity index (χ0n) is 8.56. The summed E-state index contributed by atoms with van der Waals surface area (Å²) in [6, 6.07) is 0. The van der Waals surface area contributed by atoms with Crippen LogP contribution in [-0.4, -0.2) is 32.0 Å². The summed E-state index contributed by atoms with van der Waals surface area (Å²) in [6.45, 7) is 0.803. The Morgan fingerprint density at radius 1 is 1.67 bits per heavy atom. The molecule has 1 atom stereocenters. The largest absolute Gasteiger partial charge is 0.315 e. The Kier molecular flexibility index (Phi) is 3.08. The van der Waals surface area contributed by atoms with E-state index in [9.17, 15) is 8.42 Å². The summed E-state index contributed by atoms with van der Waals surface area (Å²) in [5.41, 5.74) is 0. The molecule has 84 valence electrons. The van der Waals surface area contributed by atoms with Crippen molar-refractivity contribution >= 4 is 21.2 Å². The van der Waals surface area contributed by atoms with Gasteiger partial charge in [-0.1, -0.05) is 0 Å². The van der Waals surface area contributed by atoms with Crippen LogP contribution in [0.1, 0.15) is 22.2 Å². The first-order chi connectivity index (χ1) is 7.11. The van der Waals surface area contributed by atoms with Crippen LogP contribution in [0.4, 0.5) is 0 Å². The maximum absolute atomic E-state index is 11.3. The lowest BCUT2D eigenvalue weighted by atomic mass is 10.1. The lowest BCUT2D eigenvalue weighted by molar-refractivity contribution is 0.601. The van der Waals surface area contributed by atoms with E-state index in [0.29, 0.717) is 5.75 Å². The molecule has 0 aliphatic carbocycles. The highest BCUT2D eigenvalue weighted by Crippen LogP contribution is 2.31. The van der Waals surface area contributed by atoms with Gasteiger partial charge in [-0.2, -0.15) is 0 Å². The van der Waals surface area contributed by atoms with Crippen LogP contribution < -0.4 is 5.32 Å². The summed E-state index contributed by atoms with van der Waals surface area (Å²) in [5.74, 6) is 0.726. The molecule has 0 aromatic carbocycles. The highest BCUT2D eigenvalue weighted by molar-refractivity contribution is 7.91. The molecule has 1 aromatic rings. The second kappa shape index (κ2) is 4.19. The number of hydrogen-bond donors (Lipinski definition) is 1. The summed E-state index contributed by atoms with van der Waals surface area (Å²) >= 11 is 1.62. The van der Waals surface area contributed by atoms with Crippen LogP contribution >= 0.6 is 11.3 Å². The zero-order valence-corrected chi connectivity index (χ0v) is 10.2. The van der Waals surface area contributed by atoms with E-state index < -0.39 is 9.84 Å². The maximum Gasteiger partial charge on any atom is 0.151 e. The van der Waals surface area contributed by atoms with Crippen molar-refractivity contribution in [2.45, 2.75) is 18.9 Å². The van der Waals surface area contributed by atoms with Gasteiger partial charge in [0.15, 0.2) is 9.84 Å². The van der Waals surface area contributed by atoms with E-state index >= 15 is 0 Å². The van der Waals surface area contributed by atoms with Crippen LogP contribution in [0.2, 0.25) is 0 Å². The minimum Gasteiger partial charge on any atom is -0.315 e. The standard InChI is InChI=1S/C9H14N2O2S2/c1-10-4-8-5-11-9(14-8)7-2-3-15(12,13)6-7/h5,7,10H,2-4,6H2,1H3. The van der Waals surface area contributed by atoms with Gasteiger partial charge < -0.3 is 5.32 Å². The third-order valence-electron chi connectivity index (χ3n) is 2.50. The molecule has 0 saturated carbocycles. The van der Waals surface area contributed by atoms with Gasteiger partial charge in [0.25, 0.3) is 0 Å². The number of hydrogen-bond acceptors (Lipinski definition) is 5. The van der Waals surface area contributed by atoms with E-state index in [2.05, 4.69) is 10.3 Å². The molecule has 1 aromatic heterocycles. The Labute approximate surface area is 93.7 Å². The molecule has 0 bridgehead atoms. The molecule has 1 saturated heterocycles. The van der Waals surface area contributed by atoms with Crippen LogP contribution in [0, 0.1) is 0 Å². The third kappa shape index (κ3) is 2.56. The first-order valence-corrected chi connectivity index (χ1v) is 7.54. The molecule has 4 nitrogen and oxygen atoms in total. The van der Waals surface area contributed by atoms with Crippen molar-refractivity contribution in [2.75, 3.05) is 18.6 Å². The van der Waals surface area contributed by atoms with Crippen molar-refractivity contribution in [2.24, 2.45) is 0 Å². The number of aromatic nitrogens is 1. The topological polar surface area (TPSA) is 59.1 Å². The molecule has 2 heterocycles. The molecule has 1 aliphatic heterocycles. The number of sulfone groups is 1. The van der Waals surface area contributed by atoms with E-state index in [4.69, 9.17) is 0 Å². The van der Waals surface area contributed by atoms with E-state index in [0.717, 1.165) is 22.9 Å². The van der Waals surface area contributed by atoms with Gasteiger partial charge in [0.05, 0.1) is 16.5 Å². The van der Waals surface area contributed by atoms with Crippen molar-refractivity contribution in [3.63, 3.8) is 0 Å². The van der Waals surface area contributed by atoms with Gasteiger partial charge in [0, 0.05) is 23.5 Å². The molecule has 6 heteroatoms. The summed E-state index contributed by atoms with van der Waals surface area (Å²) in [4.78, 5) is 5.46. The van der Waals surface area contributed by atoms with Crippen LogP contribution in [0.5, 0.6) is 0 Å². The number of rotatable bonds is 3. The molecular formula is C9H14N2O2S2. The fraction of sp³-hybridized carbons (Fsp3) is 0.667. The van der Waals surface area contributed by atoms with Gasteiger partial charge in [-0.25, -0.2) is 13.4 Å². The molecule has 1 N–H and O–H groups in total. The second-order valence-electron chi connectivity index (χ2n) is 3.80. The maximum atomic E-state index is 11.3. The van der Waals surface area contributed by atoms with Crippen molar-refractivity contribution in [1.82, 2.24) is 10.3 Å². The third-order valence-corrected chi connectivity index (χ3v) is 5.43. The van der Waals surface area contributed by atoms with Crippen molar-refractivity contribution in [3.05, 3.63) is 16.1 Å². The van der Waals surface area contributed by atoms with Gasteiger partial charge in [0.2, 0.25) is 0 Å². The summed E-state index contributed by atoms with van der Waals surface area (Å²) in [6.07, 6.45) is 2.57. The SMILES string of the molecule is CNCc1cnc(C2CCS(=O)(=O)C2)s1. The van der Waals surface area contributed by atoms with E-state index in [1.807, 2.05) is 13.2 Å². The summed E-state index contributed by atoms with van der Waals surface area (Å²) < 4.78 is 22.6. The zero-order chi connectivity index (χ0) is 10.9. The van der Waals surface area contributed by atoms with Crippen molar-refractivity contribution in [3.8, 4) is 0 Å². The fourth-order valence-electron chi connectivity index (χ4n) is 1.76. The second-order valence-corrected chi connectivity index (χ2v) is 7.17. The summed E-state index contributed by atoms with van der Waals surface area (Å²) in [7, 11) is -0.907. The summed E-state index contributed by atoms with van der Waals surface area (Å²) in [5, 5.41) is 4.03. The number of nitrogens with zero attached hydrogens (tertiary/aromatic N) is 1. The molecule has 2 rings (SSSR count). The first kappa shape index (κ1) is 11.0. The molecule has 15 heavy (non-hydrogen) atoms. The average molecular weight is 246 g/mol. The van der Waals surface area contributed by atoms with Gasteiger partial charge in [-0.3, -0.25) is 0 Å². The Morgan fingerprint density at radius 3 is 3.07 bits per heavy atom. The highest BCUT2D eigenvalue weighted by Gasteiger charge is 2.30. The predicted molar refractivity (Wildman–Crippen MR) is 60.9 cm³/mol. The van der Waals surface area contributed by atoms with E-state index in [-0.39, 0.29) is 11.7 Å².